The number of hydrogen-bond acceptors (Lipinski definition) is 5. The van der Waals surface area contributed by atoms with Crippen LogP contribution in [0.2, 0.25) is 10.0 Å². The van der Waals surface area contributed by atoms with E-state index in [0.717, 1.165) is 22.2 Å². The van der Waals surface area contributed by atoms with Crippen LogP contribution in [0.1, 0.15) is 11.3 Å². The number of nitrogens with one attached hydrogen (secondary N) is 1. The van der Waals surface area contributed by atoms with Gasteiger partial charge in [0.2, 0.25) is 5.91 Å². The number of hydrogen-bond donors (Lipinski definition) is 1. The summed E-state index contributed by atoms with van der Waals surface area (Å²) in [7, 11) is 0. The van der Waals surface area contributed by atoms with Gasteiger partial charge in [-0.15, -0.1) is 0 Å². The Morgan fingerprint density at radius 3 is 2.56 bits per heavy atom. The van der Waals surface area contributed by atoms with Crippen molar-refractivity contribution in [1.29, 1.82) is 0 Å². The summed E-state index contributed by atoms with van der Waals surface area (Å²) in [6, 6.07) is 15.6. The largest absolute Gasteiger partial charge is 0.457 e. The number of thioether (sulfide) groups is 1. The van der Waals surface area contributed by atoms with E-state index in [-0.39, 0.29) is 11.4 Å². The molecular formula is C23H16Cl2N2O4S. The molecule has 2 aromatic carbocycles. The molecule has 6 nitrogen and oxygen atoms in total. The quantitative estimate of drug-likeness (QED) is 0.431. The molecule has 0 spiro atoms. The zero-order valence-corrected chi connectivity index (χ0v) is 19.1. The lowest BCUT2D eigenvalue weighted by atomic mass is 10.2. The van der Waals surface area contributed by atoms with Crippen molar-refractivity contribution < 1.29 is 18.8 Å². The van der Waals surface area contributed by atoms with Crippen LogP contribution in [0.5, 0.6) is 0 Å². The number of imide groups is 1. The molecule has 4 rings (SSSR count). The summed E-state index contributed by atoms with van der Waals surface area (Å²) in [5.41, 5.74) is 2.29. The first-order valence-corrected chi connectivity index (χ1v) is 11.0. The van der Waals surface area contributed by atoms with Crippen LogP contribution in [-0.4, -0.2) is 28.5 Å². The molecule has 1 saturated heterocycles. The fraction of sp³-hybridized carbons (Fsp3) is 0.0870. The Bertz CT molecular complexity index is 1250. The normalized spacial score (nSPS) is 15.0. The summed E-state index contributed by atoms with van der Waals surface area (Å²) in [4.78, 5) is 38.4. The Kier molecular flexibility index (Phi) is 6.41. The van der Waals surface area contributed by atoms with E-state index in [1.54, 1.807) is 42.5 Å². The minimum atomic E-state index is -0.554. The highest BCUT2D eigenvalue weighted by atomic mass is 35.5. The average Bonchev–Trinajstić information content (AvgIpc) is 3.30. The molecule has 0 atom stereocenters. The van der Waals surface area contributed by atoms with E-state index in [0.29, 0.717) is 32.8 Å². The number of nitrogens with zero attached hydrogens (tertiary/aromatic N) is 1. The van der Waals surface area contributed by atoms with Crippen molar-refractivity contribution >= 4 is 63.8 Å². The Balaban J connectivity index is 1.46. The molecule has 1 aliphatic heterocycles. The minimum Gasteiger partial charge on any atom is -0.457 e. The van der Waals surface area contributed by atoms with E-state index in [2.05, 4.69) is 5.32 Å². The van der Waals surface area contributed by atoms with E-state index in [1.807, 2.05) is 19.1 Å². The van der Waals surface area contributed by atoms with Crippen LogP contribution in [0, 0.1) is 6.92 Å². The second-order valence-electron chi connectivity index (χ2n) is 7.01. The molecule has 0 unspecified atom stereocenters. The molecule has 32 heavy (non-hydrogen) atoms. The molecule has 1 fully saturated rings. The molecule has 3 aromatic rings. The highest BCUT2D eigenvalue weighted by Crippen LogP contribution is 2.35. The van der Waals surface area contributed by atoms with Crippen LogP contribution < -0.4 is 5.32 Å². The van der Waals surface area contributed by atoms with Gasteiger partial charge in [-0.05, 0) is 61.2 Å². The number of aryl methyl sites for hydroxylation is 1. The Morgan fingerprint density at radius 1 is 1.09 bits per heavy atom. The molecule has 1 aliphatic rings. The summed E-state index contributed by atoms with van der Waals surface area (Å²) in [6.45, 7) is 1.56. The lowest BCUT2D eigenvalue weighted by Crippen LogP contribution is -2.36. The first-order valence-electron chi connectivity index (χ1n) is 9.47. The first-order chi connectivity index (χ1) is 15.3. The highest BCUT2D eigenvalue weighted by molar-refractivity contribution is 8.18. The number of carbonyl (C=O) groups is 3. The highest BCUT2D eigenvalue weighted by Gasteiger charge is 2.36. The summed E-state index contributed by atoms with van der Waals surface area (Å²) in [5.74, 6) is -0.146. The molecule has 162 valence electrons. The topological polar surface area (TPSA) is 79.6 Å². The molecular weight excluding hydrogens is 471 g/mol. The maximum absolute atomic E-state index is 12.7. The Morgan fingerprint density at radius 2 is 1.84 bits per heavy atom. The zero-order chi connectivity index (χ0) is 22.8. The number of amides is 3. The summed E-state index contributed by atoms with van der Waals surface area (Å²) < 4.78 is 5.76. The maximum Gasteiger partial charge on any atom is 0.294 e. The van der Waals surface area contributed by atoms with Gasteiger partial charge in [0.1, 0.15) is 18.1 Å². The Labute approximate surface area is 198 Å². The predicted octanol–water partition coefficient (Wildman–Crippen LogP) is 6.24. The molecule has 3 amide bonds. The lowest BCUT2D eigenvalue weighted by Gasteiger charge is -2.12. The number of anilines is 1. The zero-order valence-electron chi connectivity index (χ0n) is 16.7. The average molecular weight is 487 g/mol. The van der Waals surface area contributed by atoms with Crippen molar-refractivity contribution in [2.24, 2.45) is 0 Å². The van der Waals surface area contributed by atoms with Gasteiger partial charge in [-0.2, -0.15) is 0 Å². The molecule has 1 N–H and O–H groups in total. The number of benzene rings is 2. The lowest BCUT2D eigenvalue weighted by molar-refractivity contribution is -0.127. The molecule has 0 aliphatic carbocycles. The van der Waals surface area contributed by atoms with Crippen molar-refractivity contribution in [2.75, 3.05) is 11.9 Å². The predicted molar refractivity (Wildman–Crippen MR) is 127 cm³/mol. The summed E-state index contributed by atoms with van der Waals surface area (Å²) >= 11 is 12.9. The molecule has 0 saturated carbocycles. The number of furan rings is 1. The van der Waals surface area contributed by atoms with Gasteiger partial charge in [-0.1, -0.05) is 40.9 Å². The van der Waals surface area contributed by atoms with Gasteiger partial charge in [0.05, 0.1) is 9.93 Å². The standard InChI is InChI=1S/C23H16Cl2N2O4S/c1-13-2-5-15(6-3-13)26-21(28)12-27-22(29)20(32-23(27)30)11-16-7-9-19(31-16)17-8-4-14(24)10-18(17)25/h2-11H,12H2,1H3,(H,26,28)/b20-11+. The van der Waals surface area contributed by atoms with Gasteiger partial charge in [0, 0.05) is 22.3 Å². The second kappa shape index (κ2) is 9.24. The number of carbonyl (C=O) groups excluding carboxylic acids is 3. The fourth-order valence-electron chi connectivity index (χ4n) is 3.01. The van der Waals surface area contributed by atoms with Crippen molar-refractivity contribution in [3.63, 3.8) is 0 Å². The molecule has 1 aromatic heterocycles. The van der Waals surface area contributed by atoms with Gasteiger partial charge in [-0.25, -0.2) is 0 Å². The van der Waals surface area contributed by atoms with Crippen molar-refractivity contribution in [1.82, 2.24) is 4.90 Å². The van der Waals surface area contributed by atoms with Crippen LogP contribution in [0.3, 0.4) is 0 Å². The van der Waals surface area contributed by atoms with Gasteiger partial charge < -0.3 is 9.73 Å². The van der Waals surface area contributed by atoms with E-state index < -0.39 is 17.1 Å². The summed E-state index contributed by atoms with van der Waals surface area (Å²) in [6.07, 6.45) is 1.47. The number of halogens is 2. The van der Waals surface area contributed by atoms with Gasteiger partial charge in [0.15, 0.2) is 0 Å². The third-order valence-electron chi connectivity index (χ3n) is 4.61. The third-order valence-corrected chi connectivity index (χ3v) is 6.06. The molecule has 0 bridgehead atoms. The van der Waals surface area contributed by atoms with Gasteiger partial charge in [-0.3, -0.25) is 19.3 Å². The van der Waals surface area contributed by atoms with E-state index in [4.69, 9.17) is 27.6 Å². The van der Waals surface area contributed by atoms with Crippen LogP contribution in [0.15, 0.2) is 63.9 Å². The maximum atomic E-state index is 12.7. The van der Waals surface area contributed by atoms with E-state index in [1.165, 1.54) is 6.08 Å². The number of rotatable bonds is 5. The SMILES string of the molecule is Cc1ccc(NC(=O)CN2C(=O)S/C(=C/c3ccc(-c4ccc(Cl)cc4Cl)o3)C2=O)cc1. The monoisotopic (exact) mass is 486 g/mol. The smallest absolute Gasteiger partial charge is 0.294 e. The van der Waals surface area contributed by atoms with Crippen molar-refractivity contribution in [3.05, 3.63) is 80.9 Å². The van der Waals surface area contributed by atoms with Gasteiger partial charge >= 0.3 is 0 Å². The minimum absolute atomic E-state index is 0.168. The fourth-order valence-corrected chi connectivity index (χ4v) is 4.33. The van der Waals surface area contributed by atoms with Crippen LogP contribution in [0.4, 0.5) is 10.5 Å². The van der Waals surface area contributed by atoms with E-state index >= 15 is 0 Å². The third kappa shape index (κ3) is 4.91. The Hall–Kier alpha value is -3.00. The van der Waals surface area contributed by atoms with Crippen molar-refractivity contribution in [2.45, 2.75) is 6.92 Å². The molecule has 0 radical (unpaired) electrons. The first kappa shape index (κ1) is 22.2. The molecule has 9 heteroatoms. The second-order valence-corrected chi connectivity index (χ2v) is 8.85. The molecule has 2 heterocycles. The van der Waals surface area contributed by atoms with Crippen LogP contribution in [-0.2, 0) is 9.59 Å². The van der Waals surface area contributed by atoms with Crippen LogP contribution >= 0.6 is 35.0 Å². The van der Waals surface area contributed by atoms with Crippen LogP contribution in [0.25, 0.3) is 17.4 Å². The summed E-state index contributed by atoms with van der Waals surface area (Å²) in [5, 5.41) is 3.09. The van der Waals surface area contributed by atoms with Gasteiger partial charge in [0.25, 0.3) is 11.1 Å². The van der Waals surface area contributed by atoms with E-state index in [9.17, 15) is 14.4 Å². The van der Waals surface area contributed by atoms with Crippen molar-refractivity contribution in [3.8, 4) is 11.3 Å².